The molecule has 0 bridgehead atoms. The van der Waals surface area contributed by atoms with Gasteiger partial charge < -0.3 is 10.2 Å². The van der Waals surface area contributed by atoms with Gasteiger partial charge in [0.2, 0.25) is 5.91 Å². The quantitative estimate of drug-likeness (QED) is 0.526. The largest absolute Gasteiger partial charge is 0.416 e. The molecule has 1 heterocycles. The molecule has 0 radical (unpaired) electrons. The summed E-state index contributed by atoms with van der Waals surface area (Å²) in [5.74, 6) is -0.612. The second-order valence-corrected chi connectivity index (χ2v) is 8.05. The topological polar surface area (TPSA) is 52.7 Å². The summed E-state index contributed by atoms with van der Waals surface area (Å²) < 4.78 is 40.3. The number of nitrogens with zero attached hydrogens (tertiary/aromatic N) is 2. The van der Waals surface area contributed by atoms with E-state index >= 15 is 0 Å². The summed E-state index contributed by atoms with van der Waals surface area (Å²) >= 11 is 0. The molecule has 3 aromatic carbocycles. The van der Waals surface area contributed by atoms with Crippen LogP contribution in [0.2, 0.25) is 0 Å². The predicted octanol–water partition coefficient (Wildman–Crippen LogP) is 6.04. The third-order valence-electron chi connectivity index (χ3n) is 5.52. The van der Waals surface area contributed by atoms with Gasteiger partial charge in [-0.2, -0.15) is 13.2 Å². The van der Waals surface area contributed by atoms with Gasteiger partial charge in [-0.05, 0) is 67.9 Å². The first-order valence-electron chi connectivity index (χ1n) is 10.3. The molecule has 0 saturated carbocycles. The lowest BCUT2D eigenvalue weighted by molar-refractivity contribution is -0.137. The molecule has 2 amide bonds. The lowest BCUT2D eigenvalue weighted by Gasteiger charge is -2.39. The van der Waals surface area contributed by atoms with Gasteiger partial charge in [0.15, 0.2) is 0 Å². The molecule has 170 valence electrons. The number of aryl methyl sites for hydroxylation is 2. The van der Waals surface area contributed by atoms with Crippen molar-refractivity contribution in [3.05, 3.63) is 82.9 Å². The van der Waals surface area contributed by atoms with Crippen LogP contribution in [-0.4, -0.2) is 18.5 Å². The van der Waals surface area contributed by atoms with Crippen LogP contribution in [0.4, 0.5) is 35.9 Å². The standard InChI is InChI=1S/C25H22F3N3O2/c1-15-4-11-22(16(2)12-15)31-14-30(20-8-6-19(7-9-20)29-17(3)32)24(33)21-10-5-18(13-23(21)31)25(26,27)28/h4-13H,14H2,1-3H3,(H,29,32). The van der Waals surface area contributed by atoms with E-state index in [9.17, 15) is 22.8 Å². The van der Waals surface area contributed by atoms with Gasteiger partial charge in [0.25, 0.3) is 5.91 Å². The molecule has 0 spiro atoms. The Kier molecular flexibility index (Phi) is 5.61. The van der Waals surface area contributed by atoms with E-state index in [4.69, 9.17) is 0 Å². The Morgan fingerprint density at radius 3 is 2.21 bits per heavy atom. The highest BCUT2D eigenvalue weighted by molar-refractivity contribution is 6.12. The Bertz CT molecular complexity index is 1240. The van der Waals surface area contributed by atoms with Crippen LogP contribution in [0.5, 0.6) is 0 Å². The van der Waals surface area contributed by atoms with Crippen LogP contribution >= 0.6 is 0 Å². The van der Waals surface area contributed by atoms with Gasteiger partial charge >= 0.3 is 6.18 Å². The van der Waals surface area contributed by atoms with Crippen LogP contribution in [-0.2, 0) is 11.0 Å². The Labute approximate surface area is 189 Å². The molecule has 8 heteroatoms. The Hall–Kier alpha value is -3.81. The van der Waals surface area contributed by atoms with Crippen LogP contribution in [0.3, 0.4) is 0 Å². The zero-order valence-corrected chi connectivity index (χ0v) is 18.3. The first-order valence-corrected chi connectivity index (χ1v) is 10.3. The van der Waals surface area contributed by atoms with Crippen LogP contribution in [0.15, 0.2) is 60.7 Å². The summed E-state index contributed by atoms with van der Waals surface area (Å²) in [5.41, 5.74) is 3.36. The molecule has 33 heavy (non-hydrogen) atoms. The van der Waals surface area contributed by atoms with E-state index in [1.54, 1.807) is 29.2 Å². The summed E-state index contributed by atoms with van der Waals surface area (Å²) in [5, 5.41) is 2.67. The smallest absolute Gasteiger partial charge is 0.326 e. The van der Waals surface area contributed by atoms with Crippen LogP contribution in [0.1, 0.15) is 34.0 Å². The number of hydrogen-bond donors (Lipinski definition) is 1. The predicted molar refractivity (Wildman–Crippen MR) is 122 cm³/mol. The van der Waals surface area contributed by atoms with E-state index in [-0.39, 0.29) is 23.8 Å². The van der Waals surface area contributed by atoms with Crippen LogP contribution in [0, 0.1) is 13.8 Å². The van der Waals surface area contributed by atoms with Crippen molar-refractivity contribution < 1.29 is 22.8 Å². The molecule has 5 nitrogen and oxygen atoms in total. The van der Waals surface area contributed by atoms with Crippen molar-refractivity contribution in [1.29, 1.82) is 0 Å². The van der Waals surface area contributed by atoms with E-state index in [1.807, 2.05) is 32.0 Å². The third kappa shape index (κ3) is 4.41. The van der Waals surface area contributed by atoms with Crippen molar-refractivity contribution in [2.75, 3.05) is 21.8 Å². The number of amides is 2. The van der Waals surface area contributed by atoms with Gasteiger partial charge in [-0.25, -0.2) is 0 Å². The minimum absolute atomic E-state index is 0.0382. The maximum absolute atomic E-state index is 13.4. The molecule has 1 aliphatic heterocycles. The normalized spacial score (nSPS) is 13.7. The molecule has 4 rings (SSSR count). The molecule has 0 fully saturated rings. The van der Waals surface area contributed by atoms with Crippen molar-refractivity contribution in [2.45, 2.75) is 26.9 Å². The first-order chi connectivity index (χ1) is 15.5. The molecular weight excluding hydrogens is 431 g/mol. The fourth-order valence-corrected chi connectivity index (χ4v) is 3.98. The van der Waals surface area contributed by atoms with E-state index in [1.165, 1.54) is 17.9 Å². The third-order valence-corrected chi connectivity index (χ3v) is 5.52. The highest BCUT2D eigenvalue weighted by atomic mass is 19.4. The molecule has 1 aliphatic rings. The van der Waals surface area contributed by atoms with Crippen LogP contribution in [0.25, 0.3) is 0 Å². The van der Waals surface area contributed by atoms with E-state index < -0.39 is 17.6 Å². The zero-order chi connectivity index (χ0) is 23.9. The number of hydrogen-bond acceptors (Lipinski definition) is 3. The minimum Gasteiger partial charge on any atom is -0.326 e. The maximum atomic E-state index is 13.4. The van der Waals surface area contributed by atoms with Crippen molar-refractivity contribution in [2.24, 2.45) is 0 Å². The molecule has 0 aromatic heterocycles. The monoisotopic (exact) mass is 453 g/mol. The SMILES string of the molecule is CC(=O)Nc1ccc(N2CN(c3ccc(C)cc3C)c3cc(C(F)(F)F)ccc3C2=O)cc1. The van der Waals surface area contributed by atoms with Gasteiger partial charge in [-0.1, -0.05) is 17.7 Å². The molecule has 0 saturated heterocycles. The second-order valence-electron chi connectivity index (χ2n) is 8.05. The Morgan fingerprint density at radius 1 is 0.909 bits per heavy atom. The Balaban J connectivity index is 1.82. The van der Waals surface area contributed by atoms with Gasteiger partial charge in [0.1, 0.15) is 6.67 Å². The number of benzene rings is 3. The zero-order valence-electron chi connectivity index (χ0n) is 18.3. The summed E-state index contributed by atoms with van der Waals surface area (Å²) in [6.07, 6.45) is -4.53. The number of alkyl halides is 3. The van der Waals surface area contributed by atoms with Crippen molar-refractivity contribution in [3.63, 3.8) is 0 Å². The van der Waals surface area contributed by atoms with E-state index in [0.29, 0.717) is 17.1 Å². The van der Waals surface area contributed by atoms with Crippen molar-refractivity contribution >= 4 is 34.6 Å². The Morgan fingerprint density at radius 2 is 1.61 bits per heavy atom. The molecule has 0 aliphatic carbocycles. The van der Waals surface area contributed by atoms with Gasteiger partial charge in [0.05, 0.1) is 16.8 Å². The van der Waals surface area contributed by atoms with Crippen molar-refractivity contribution in [3.8, 4) is 0 Å². The fourth-order valence-electron chi connectivity index (χ4n) is 3.98. The summed E-state index contributed by atoms with van der Waals surface area (Å²) in [6, 6.07) is 15.6. The van der Waals surface area contributed by atoms with Gasteiger partial charge in [-0.3, -0.25) is 14.5 Å². The number of carbonyl (C=O) groups is 2. The number of halogens is 3. The maximum Gasteiger partial charge on any atom is 0.416 e. The first kappa shape index (κ1) is 22.4. The number of fused-ring (bicyclic) bond motifs is 1. The minimum atomic E-state index is -4.53. The fraction of sp³-hybridized carbons (Fsp3) is 0.200. The molecular formula is C25H22F3N3O2. The van der Waals surface area contributed by atoms with Gasteiger partial charge in [0, 0.05) is 24.0 Å². The highest BCUT2D eigenvalue weighted by Gasteiger charge is 2.36. The summed E-state index contributed by atoms with van der Waals surface area (Å²) in [7, 11) is 0. The average Bonchev–Trinajstić information content (AvgIpc) is 2.74. The lowest BCUT2D eigenvalue weighted by Crippen LogP contribution is -2.45. The number of anilines is 4. The van der Waals surface area contributed by atoms with Gasteiger partial charge in [-0.15, -0.1) is 0 Å². The summed E-state index contributed by atoms with van der Waals surface area (Å²) in [6.45, 7) is 5.26. The molecule has 3 aromatic rings. The average molecular weight is 453 g/mol. The van der Waals surface area contributed by atoms with E-state index in [0.717, 1.165) is 23.3 Å². The van der Waals surface area contributed by atoms with E-state index in [2.05, 4.69) is 5.32 Å². The number of rotatable bonds is 3. The molecule has 0 unspecified atom stereocenters. The highest BCUT2D eigenvalue weighted by Crippen LogP contribution is 2.40. The lowest BCUT2D eigenvalue weighted by atomic mass is 10.0. The van der Waals surface area contributed by atoms with Crippen molar-refractivity contribution in [1.82, 2.24) is 0 Å². The second kappa shape index (κ2) is 8.27. The molecule has 1 N–H and O–H groups in total. The molecule has 0 atom stereocenters. The number of carbonyl (C=O) groups excluding carboxylic acids is 2. The summed E-state index contributed by atoms with van der Waals surface area (Å²) in [4.78, 5) is 27.8. The number of nitrogens with one attached hydrogen (secondary N) is 1. The van der Waals surface area contributed by atoms with Crippen LogP contribution < -0.4 is 15.1 Å².